The number of likely N-dealkylation sites (N-methyl/N-ethyl adjacent to an activating group) is 1. The average Bonchev–Trinajstić information content (AvgIpc) is 3.21. The van der Waals surface area contributed by atoms with E-state index in [1.807, 2.05) is 24.3 Å². The molecule has 4 rings (SSSR count). The third-order valence-electron chi connectivity index (χ3n) is 5.05. The van der Waals surface area contributed by atoms with Crippen LogP contribution in [0.25, 0.3) is 10.9 Å². The van der Waals surface area contributed by atoms with Crippen molar-refractivity contribution < 1.29 is 19.1 Å². The summed E-state index contributed by atoms with van der Waals surface area (Å²) >= 11 is 0. The molecule has 154 valence electrons. The summed E-state index contributed by atoms with van der Waals surface area (Å²) in [6, 6.07) is 15.9. The Labute approximate surface area is 174 Å². The lowest BCUT2D eigenvalue weighted by molar-refractivity contribution is -0.153. The molecule has 3 aromatic rings. The topological polar surface area (TPSA) is 91.5 Å². The third kappa shape index (κ3) is 3.03. The minimum atomic E-state index is -2.10. The Morgan fingerprint density at radius 1 is 1.07 bits per heavy atom. The van der Waals surface area contributed by atoms with Crippen molar-refractivity contribution in [1.29, 1.82) is 0 Å². The lowest BCUT2D eigenvalue weighted by Gasteiger charge is -2.31. The van der Waals surface area contributed by atoms with Crippen LogP contribution in [-0.2, 0) is 19.9 Å². The van der Waals surface area contributed by atoms with Gasteiger partial charge in [-0.05, 0) is 39.0 Å². The van der Waals surface area contributed by atoms with E-state index in [0.717, 1.165) is 10.9 Å². The molecule has 1 aliphatic heterocycles. The van der Waals surface area contributed by atoms with E-state index in [1.165, 1.54) is 4.90 Å². The fourth-order valence-corrected chi connectivity index (χ4v) is 3.69. The number of H-pyrrole nitrogens is 1. The number of rotatable bonds is 3. The standard InChI is InChI=1S/C23H23N3O4/c1-22(2,3)25-20(28)23(15-10-6-8-12-18(15)26(4)21(23)29)30-19(27)17-13-14-9-5-7-11-16(14)24-17/h5-13,24H,1-4H3,(H,25,28). The predicted molar refractivity (Wildman–Crippen MR) is 113 cm³/mol. The summed E-state index contributed by atoms with van der Waals surface area (Å²) in [5.41, 5.74) is -0.951. The van der Waals surface area contributed by atoms with Gasteiger partial charge in [-0.1, -0.05) is 36.4 Å². The van der Waals surface area contributed by atoms with Crippen LogP contribution in [0, 0.1) is 0 Å². The highest BCUT2D eigenvalue weighted by Crippen LogP contribution is 2.43. The summed E-state index contributed by atoms with van der Waals surface area (Å²) in [5.74, 6) is -2.08. The number of ether oxygens (including phenoxy) is 1. The Hall–Kier alpha value is -3.61. The number of benzene rings is 2. The zero-order chi connectivity index (χ0) is 21.7. The third-order valence-corrected chi connectivity index (χ3v) is 5.05. The minimum Gasteiger partial charge on any atom is -0.429 e. The predicted octanol–water partition coefficient (Wildman–Crippen LogP) is 3.11. The number of hydrogen-bond donors (Lipinski definition) is 2. The first-order valence-corrected chi connectivity index (χ1v) is 9.65. The molecule has 0 fully saturated rings. The number of aromatic amines is 1. The molecular weight excluding hydrogens is 382 g/mol. The van der Waals surface area contributed by atoms with Crippen LogP contribution in [0.2, 0.25) is 0 Å². The highest BCUT2D eigenvalue weighted by molar-refractivity contribution is 6.21. The Balaban J connectivity index is 1.81. The molecule has 7 heteroatoms. The maximum absolute atomic E-state index is 13.4. The quantitative estimate of drug-likeness (QED) is 0.517. The van der Waals surface area contributed by atoms with Gasteiger partial charge in [0.05, 0.1) is 5.69 Å². The molecule has 0 saturated carbocycles. The summed E-state index contributed by atoms with van der Waals surface area (Å²) in [6.07, 6.45) is 0. The van der Waals surface area contributed by atoms with E-state index >= 15 is 0 Å². The highest BCUT2D eigenvalue weighted by atomic mass is 16.6. The molecule has 2 N–H and O–H groups in total. The second kappa shape index (κ2) is 6.73. The average molecular weight is 405 g/mol. The SMILES string of the molecule is CN1C(=O)C(OC(=O)c2cc3ccccc3[nH]2)(C(=O)NC(C)(C)C)c2ccccc21. The molecule has 1 aromatic heterocycles. The van der Waals surface area contributed by atoms with Crippen molar-refractivity contribution in [2.75, 3.05) is 11.9 Å². The van der Waals surface area contributed by atoms with Gasteiger partial charge in [-0.15, -0.1) is 0 Å². The molecule has 7 nitrogen and oxygen atoms in total. The number of nitrogens with one attached hydrogen (secondary N) is 2. The monoisotopic (exact) mass is 405 g/mol. The minimum absolute atomic E-state index is 0.166. The number of fused-ring (bicyclic) bond motifs is 2. The van der Waals surface area contributed by atoms with Gasteiger partial charge in [-0.3, -0.25) is 9.59 Å². The molecular formula is C23H23N3O4. The van der Waals surface area contributed by atoms with Crippen LogP contribution in [0.15, 0.2) is 54.6 Å². The van der Waals surface area contributed by atoms with Crippen LogP contribution in [0.1, 0.15) is 36.8 Å². The molecule has 0 saturated heterocycles. The zero-order valence-corrected chi connectivity index (χ0v) is 17.3. The van der Waals surface area contributed by atoms with E-state index in [-0.39, 0.29) is 5.69 Å². The largest absolute Gasteiger partial charge is 0.429 e. The summed E-state index contributed by atoms with van der Waals surface area (Å²) in [4.78, 5) is 44.2. The second-order valence-electron chi connectivity index (χ2n) is 8.43. The lowest BCUT2D eigenvalue weighted by Crippen LogP contribution is -2.57. The number of nitrogens with zero attached hydrogens (tertiary/aromatic N) is 1. The van der Waals surface area contributed by atoms with E-state index in [4.69, 9.17) is 4.74 Å². The molecule has 0 radical (unpaired) electrons. The lowest BCUT2D eigenvalue weighted by atomic mass is 9.92. The van der Waals surface area contributed by atoms with E-state index in [1.54, 1.807) is 58.2 Å². The molecule has 0 aliphatic carbocycles. The van der Waals surface area contributed by atoms with Crippen molar-refractivity contribution in [1.82, 2.24) is 10.3 Å². The van der Waals surface area contributed by atoms with E-state index < -0.39 is 28.9 Å². The number of esters is 1. The van der Waals surface area contributed by atoms with Gasteiger partial charge in [-0.2, -0.15) is 0 Å². The first-order valence-electron chi connectivity index (χ1n) is 9.65. The van der Waals surface area contributed by atoms with Crippen LogP contribution in [0.4, 0.5) is 5.69 Å². The fraction of sp³-hybridized carbons (Fsp3) is 0.261. The number of para-hydroxylation sites is 2. The van der Waals surface area contributed by atoms with Crippen LogP contribution >= 0.6 is 0 Å². The highest BCUT2D eigenvalue weighted by Gasteiger charge is 2.59. The Kier molecular flexibility index (Phi) is 4.42. The van der Waals surface area contributed by atoms with Crippen LogP contribution in [0.3, 0.4) is 0 Å². The van der Waals surface area contributed by atoms with Gasteiger partial charge in [0.2, 0.25) is 0 Å². The van der Waals surface area contributed by atoms with Crippen molar-refractivity contribution in [2.24, 2.45) is 0 Å². The number of carbonyl (C=O) groups excluding carboxylic acids is 3. The molecule has 1 aliphatic rings. The van der Waals surface area contributed by atoms with Crippen molar-refractivity contribution >= 4 is 34.4 Å². The van der Waals surface area contributed by atoms with Crippen LogP contribution in [-0.4, -0.2) is 35.4 Å². The van der Waals surface area contributed by atoms with Crippen molar-refractivity contribution in [3.63, 3.8) is 0 Å². The molecule has 30 heavy (non-hydrogen) atoms. The zero-order valence-electron chi connectivity index (χ0n) is 17.3. The smallest absolute Gasteiger partial charge is 0.356 e. The summed E-state index contributed by atoms with van der Waals surface area (Å²) in [5, 5.41) is 3.63. The second-order valence-corrected chi connectivity index (χ2v) is 8.43. The van der Waals surface area contributed by atoms with Gasteiger partial charge in [-0.25, -0.2) is 4.79 Å². The number of amides is 2. The molecule has 0 bridgehead atoms. The van der Waals surface area contributed by atoms with E-state index in [2.05, 4.69) is 10.3 Å². The Morgan fingerprint density at radius 2 is 1.73 bits per heavy atom. The molecule has 0 spiro atoms. The molecule has 1 atom stereocenters. The Bertz CT molecular complexity index is 1140. The summed E-state index contributed by atoms with van der Waals surface area (Å²) < 4.78 is 5.76. The molecule has 1 unspecified atom stereocenters. The van der Waals surface area contributed by atoms with Crippen molar-refractivity contribution in [2.45, 2.75) is 31.9 Å². The van der Waals surface area contributed by atoms with Crippen molar-refractivity contribution in [3.05, 3.63) is 65.9 Å². The van der Waals surface area contributed by atoms with Crippen LogP contribution in [0.5, 0.6) is 0 Å². The maximum Gasteiger partial charge on any atom is 0.356 e. The number of hydrogen-bond acceptors (Lipinski definition) is 4. The number of anilines is 1. The van der Waals surface area contributed by atoms with E-state index in [9.17, 15) is 14.4 Å². The van der Waals surface area contributed by atoms with Gasteiger partial charge in [0.25, 0.3) is 17.4 Å². The van der Waals surface area contributed by atoms with Gasteiger partial charge in [0.1, 0.15) is 5.69 Å². The van der Waals surface area contributed by atoms with Gasteiger partial charge >= 0.3 is 5.97 Å². The van der Waals surface area contributed by atoms with Gasteiger partial charge in [0, 0.05) is 29.1 Å². The number of carbonyl (C=O) groups is 3. The van der Waals surface area contributed by atoms with Crippen LogP contribution < -0.4 is 10.2 Å². The summed E-state index contributed by atoms with van der Waals surface area (Å²) in [6.45, 7) is 5.40. The van der Waals surface area contributed by atoms with Gasteiger partial charge < -0.3 is 19.9 Å². The number of aromatic nitrogens is 1. The van der Waals surface area contributed by atoms with E-state index in [0.29, 0.717) is 11.3 Å². The molecule has 2 heterocycles. The molecule has 2 amide bonds. The first kappa shape index (κ1) is 19.7. The normalized spacial score (nSPS) is 18.4. The first-order chi connectivity index (χ1) is 14.1. The Morgan fingerprint density at radius 3 is 2.43 bits per heavy atom. The molecule has 2 aromatic carbocycles. The fourth-order valence-electron chi connectivity index (χ4n) is 3.69. The summed E-state index contributed by atoms with van der Waals surface area (Å²) in [7, 11) is 1.56. The van der Waals surface area contributed by atoms with Gasteiger partial charge in [0.15, 0.2) is 0 Å². The van der Waals surface area contributed by atoms with Crippen molar-refractivity contribution in [3.8, 4) is 0 Å². The maximum atomic E-state index is 13.4.